The van der Waals surface area contributed by atoms with Gasteiger partial charge >= 0.3 is 6.18 Å². The number of hydrogen-bond donors (Lipinski definition) is 2. The molecule has 8 heteroatoms. The fraction of sp³-hybridized carbons (Fsp3) is 0.0714. The van der Waals surface area contributed by atoms with E-state index >= 15 is 0 Å². The van der Waals surface area contributed by atoms with E-state index in [1.165, 1.54) is 12.1 Å². The lowest BCUT2D eigenvalue weighted by Crippen LogP contribution is -2.12. The van der Waals surface area contributed by atoms with Crippen LogP contribution >= 0.6 is 31.9 Å². The Bertz CT molecular complexity index is 715. The van der Waals surface area contributed by atoms with Gasteiger partial charge in [0.05, 0.1) is 11.1 Å². The van der Waals surface area contributed by atoms with Crippen LogP contribution in [0, 0.1) is 0 Å². The largest absolute Gasteiger partial charge is 0.507 e. The van der Waals surface area contributed by atoms with Crippen LogP contribution < -0.4 is 5.32 Å². The first-order valence-corrected chi connectivity index (χ1v) is 7.43. The van der Waals surface area contributed by atoms with E-state index in [0.29, 0.717) is 8.95 Å². The Balaban J connectivity index is 2.21. The summed E-state index contributed by atoms with van der Waals surface area (Å²) < 4.78 is 38.5. The van der Waals surface area contributed by atoms with Gasteiger partial charge in [-0.05, 0) is 68.3 Å². The minimum atomic E-state index is -4.43. The number of nitrogens with one attached hydrogen (secondary N) is 1. The Morgan fingerprint density at radius 1 is 1.05 bits per heavy atom. The highest BCUT2D eigenvalue weighted by Crippen LogP contribution is 2.32. The quantitative estimate of drug-likeness (QED) is 0.677. The van der Waals surface area contributed by atoms with Crippen molar-refractivity contribution in [3.63, 3.8) is 0 Å². The second kappa shape index (κ2) is 6.29. The molecular formula is C14H8Br2F3NO2. The highest BCUT2D eigenvalue weighted by Gasteiger charge is 2.30. The third kappa shape index (κ3) is 3.80. The SMILES string of the molecule is O=C(Nc1ccc(C(F)(F)F)cc1)c1cc(Br)c(Br)cc1O. The number of hydrogen-bond acceptors (Lipinski definition) is 2. The van der Waals surface area contributed by atoms with Gasteiger partial charge in [0.25, 0.3) is 5.91 Å². The molecule has 0 unspecified atom stereocenters. The smallest absolute Gasteiger partial charge is 0.416 e. The first-order chi connectivity index (χ1) is 10.2. The fourth-order valence-electron chi connectivity index (χ4n) is 1.66. The van der Waals surface area contributed by atoms with E-state index in [9.17, 15) is 23.1 Å². The van der Waals surface area contributed by atoms with Crippen LogP contribution in [0.15, 0.2) is 45.3 Å². The highest BCUT2D eigenvalue weighted by molar-refractivity contribution is 9.13. The molecular weight excluding hydrogens is 431 g/mol. The molecule has 0 spiro atoms. The van der Waals surface area contributed by atoms with Crippen LogP contribution in [0.5, 0.6) is 5.75 Å². The van der Waals surface area contributed by atoms with Crippen molar-refractivity contribution >= 4 is 43.5 Å². The summed E-state index contributed by atoms with van der Waals surface area (Å²) in [6.45, 7) is 0. The lowest BCUT2D eigenvalue weighted by molar-refractivity contribution is -0.137. The van der Waals surface area contributed by atoms with Gasteiger partial charge in [-0.3, -0.25) is 4.79 Å². The minimum absolute atomic E-state index is 0.00465. The molecule has 0 saturated carbocycles. The predicted octanol–water partition coefficient (Wildman–Crippen LogP) is 5.19. The number of phenolic OH excluding ortho intramolecular Hbond substituents is 1. The van der Waals surface area contributed by atoms with Crippen LogP contribution in [0.3, 0.4) is 0 Å². The Morgan fingerprint density at radius 2 is 1.59 bits per heavy atom. The molecule has 0 heterocycles. The van der Waals surface area contributed by atoms with Gasteiger partial charge in [0.1, 0.15) is 5.75 Å². The van der Waals surface area contributed by atoms with Crippen LogP contribution in [0.2, 0.25) is 0 Å². The van der Waals surface area contributed by atoms with Crippen LogP contribution in [-0.2, 0) is 6.18 Å². The Hall–Kier alpha value is -1.54. The number of carbonyl (C=O) groups excluding carboxylic acids is 1. The number of halogens is 5. The van der Waals surface area contributed by atoms with Gasteiger partial charge < -0.3 is 10.4 Å². The molecule has 0 aliphatic rings. The van der Waals surface area contributed by atoms with Crippen molar-refractivity contribution in [3.8, 4) is 5.75 Å². The van der Waals surface area contributed by atoms with Gasteiger partial charge in [-0.15, -0.1) is 0 Å². The number of amides is 1. The normalized spacial score (nSPS) is 11.3. The Kier molecular flexibility index (Phi) is 4.81. The van der Waals surface area contributed by atoms with Gasteiger partial charge in [0, 0.05) is 14.6 Å². The van der Waals surface area contributed by atoms with Crippen molar-refractivity contribution < 1.29 is 23.1 Å². The molecule has 0 aromatic heterocycles. The van der Waals surface area contributed by atoms with Crippen molar-refractivity contribution in [2.45, 2.75) is 6.18 Å². The van der Waals surface area contributed by atoms with E-state index in [2.05, 4.69) is 37.2 Å². The molecule has 2 aromatic carbocycles. The third-order valence-corrected chi connectivity index (χ3v) is 4.60. The maximum Gasteiger partial charge on any atom is 0.416 e. The molecule has 0 radical (unpaired) electrons. The molecule has 0 aliphatic heterocycles. The van der Waals surface area contributed by atoms with Crippen LogP contribution in [0.25, 0.3) is 0 Å². The second-order valence-electron chi connectivity index (χ2n) is 4.31. The summed E-state index contributed by atoms with van der Waals surface area (Å²) in [4.78, 5) is 12.1. The summed E-state index contributed by atoms with van der Waals surface area (Å²) in [5.74, 6) is -0.884. The molecule has 2 rings (SSSR count). The molecule has 1 amide bonds. The van der Waals surface area contributed by atoms with E-state index in [-0.39, 0.29) is 17.0 Å². The molecule has 0 atom stereocenters. The number of carbonyl (C=O) groups is 1. The van der Waals surface area contributed by atoms with Gasteiger partial charge in [0.2, 0.25) is 0 Å². The van der Waals surface area contributed by atoms with Crippen molar-refractivity contribution in [1.82, 2.24) is 0 Å². The molecule has 2 N–H and O–H groups in total. The van der Waals surface area contributed by atoms with Gasteiger partial charge in [-0.1, -0.05) is 0 Å². The van der Waals surface area contributed by atoms with E-state index in [1.54, 1.807) is 0 Å². The number of aromatic hydroxyl groups is 1. The fourth-order valence-corrected chi connectivity index (χ4v) is 2.33. The number of anilines is 1. The summed E-state index contributed by atoms with van der Waals surface area (Å²) in [6.07, 6.45) is -4.43. The molecule has 0 saturated heterocycles. The third-order valence-electron chi connectivity index (χ3n) is 2.75. The standard InChI is InChI=1S/C14H8Br2F3NO2/c15-10-5-9(12(21)6-11(10)16)13(22)20-8-3-1-7(2-4-8)14(17,18)19/h1-6,21H,(H,20,22). The number of phenols is 1. The van der Waals surface area contributed by atoms with E-state index < -0.39 is 17.6 Å². The zero-order chi connectivity index (χ0) is 16.5. The van der Waals surface area contributed by atoms with Gasteiger partial charge in [0.15, 0.2) is 0 Å². The highest BCUT2D eigenvalue weighted by atomic mass is 79.9. The molecule has 0 fully saturated rings. The lowest BCUT2D eigenvalue weighted by atomic mass is 10.1. The van der Waals surface area contributed by atoms with E-state index in [1.807, 2.05) is 0 Å². The monoisotopic (exact) mass is 437 g/mol. The summed E-state index contributed by atoms with van der Waals surface area (Å²) in [5.41, 5.74) is -0.619. The average Bonchev–Trinajstić information content (AvgIpc) is 2.42. The van der Waals surface area contributed by atoms with Crippen molar-refractivity contribution in [3.05, 3.63) is 56.5 Å². The minimum Gasteiger partial charge on any atom is -0.507 e. The molecule has 116 valence electrons. The molecule has 2 aromatic rings. The molecule has 0 aliphatic carbocycles. The lowest BCUT2D eigenvalue weighted by Gasteiger charge is -2.10. The van der Waals surface area contributed by atoms with Crippen LogP contribution in [0.4, 0.5) is 18.9 Å². The van der Waals surface area contributed by atoms with Crippen molar-refractivity contribution in [2.75, 3.05) is 5.32 Å². The van der Waals surface area contributed by atoms with Crippen molar-refractivity contribution in [1.29, 1.82) is 0 Å². The molecule has 3 nitrogen and oxygen atoms in total. The number of alkyl halides is 3. The van der Waals surface area contributed by atoms with Crippen LogP contribution in [-0.4, -0.2) is 11.0 Å². The summed E-state index contributed by atoms with van der Waals surface area (Å²) in [6, 6.07) is 6.77. The number of benzene rings is 2. The van der Waals surface area contributed by atoms with Gasteiger partial charge in [-0.25, -0.2) is 0 Å². The van der Waals surface area contributed by atoms with Crippen molar-refractivity contribution in [2.24, 2.45) is 0 Å². The topological polar surface area (TPSA) is 49.3 Å². The summed E-state index contributed by atoms with van der Waals surface area (Å²) in [7, 11) is 0. The van der Waals surface area contributed by atoms with E-state index in [0.717, 1.165) is 24.3 Å². The molecule has 0 bridgehead atoms. The maximum absolute atomic E-state index is 12.5. The zero-order valence-electron chi connectivity index (χ0n) is 10.7. The zero-order valence-corrected chi connectivity index (χ0v) is 13.9. The van der Waals surface area contributed by atoms with Gasteiger partial charge in [-0.2, -0.15) is 13.2 Å². The first-order valence-electron chi connectivity index (χ1n) is 5.85. The molecule has 22 heavy (non-hydrogen) atoms. The maximum atomic E-state index is 12.5. The first kappa shape index (κ1) is 16.8. The Labute approximate surface area is 140 Å². The summed E-state index contributed by atoms with van der Waals surface area (Å²) in [5, 5.41) is 12.2. The second-order valence-corrected chi connectivity index (χ2v) is 6.02. The van der Waals surface area contributed by atoms with E-state index in [4.69, 9.17) is 0 Å². The predicted molar refractivity (Wildman–Crippen MR) is 82.9 cm³/mol. The number of rotatable bonds is 2. The van der Waals surface area contributed by atoms with Crippen LogP contribution in [0.1, 0.15) is 15.9 Å². The summed E-state index contributed by atoms with van der Waals surface area (Å²) >= 11 is 6.38. The average molecular weight is 439 g/mol. The Morgan fingerprint density at radius 3 is 2.14 bits per heavy atom.